The van der Waals surface area contributed by atoms with E-state index >= 15 is 0 Å². The summed E-state index contributed by atoms with van der Waals surface area (Å²) in [5.74, 6) is -0.172. The molecule has 1 saturated heterocycles. The molecule has 1 aromatic carbocycles. The number of hydrogen-bond donors (Lipinski definition) is 0. The Labute approximate surface area is 192 Å². The first-order chi connectivity index (χ1) is 15.1. The zero-order valence-electron chi connectivity index (χ0n) is 18.7. The normalized spacial score (nSPS) is 16.9. The average Bonchev–Trinajstić information content (AvgIpc) is 3.24. The van der Waals surface area contributed by atoms with Gasteiger partial charge in [0.1, 0.15) is 17.4 Å². The van der Waals surface area contributed by atoms with E-state index in [1.54, 1.807) is 39.0 Å². The number of aromatic nitrogens is 1. The van der Waals surface area contributed by atoms with Crippen LogP contribution < -0.4 is 10.3 Å². The zero-order chi connectivity index (χ0) is 23.5. The van der Waals surface area contributed by atoms with Crippen LogP contribution in [0.3, 0.4) is 0 Å². The van der Waals surface area contributed by atoms with Crippen molar-refractivity contribution in [2.45, 2.75) is 57.8 Å². The van der Waals surface area contributed by atoms with Gasteiger partial charge in [0.2, 0.25) is 0 Å². The molecule has 0 aliphatic carbocycles. The summed E-state index contributed by atoms with van der Waals surface area (Å²) < 4.78 is 18.2. The number of nitriles is 1. The van der Waals surface area contributed by atoms with E-state index < -0.39 is 23.2 Å². The lowest BCUT2D eigenvalue weighted by Gasteiger charge is -2.27. The number of benzene rings is 1. The molecule has 170 valence electrons. The second-order valence-corrected chi connectivity index (χ2v) is 9.16. The summed E-state index contributed by atoms with van der Waals surface area (Å²) in [5.41, 5.74) is 0.135. The number of carbonyl (C=O) groups is 1. The molecule has 1 unspecified atom stereocenters. The van der Waals surface area contributed by atoms with Gasteiger partial charge in [-0.05, 0) is 51.8 Å². The molecule has 32 heavy (non-hydrogen) atoms. The number of methoxy groups -OCH3 is 1. The highest BCUT2D eigenvalue weighted by atomic mass is 35.5. The standard InChI is InChI=1S/C24H27ClN2O5/c1-24(2,3)32-23(29)20(11-17-6-5-9-31-17)27-14-21(30-4)19(12-22(27)28)18-10-16(25)8-7-15(18)13-26/h7-8,10,12,14,17,20H,5-6,9,11H2,1-4H3/t17-,20?/m1/s1. The number of hydrogen-bond acceptors (Lipinski definition) is 6. The molecule has 0 spiro atoms. The molecule has 0 amide bonds. The summed E-state index contributed by atoms with van der Waals surface area (Å²) in [6.45, 7) is 5.98. The van der Waals surface area contributed by atoms with Crippen LogP contribution >= 0.6 is 11.6 Å². The predicted molar refractivity (Wildman–Crippen MR) is 121 cm³/mol. The van der Waals surface area contributed by atoms with E-state index in [0.717, 1.165) is 12.8 Å². The fourth-order valence-electron chi connectivity index (χ4n) is 3.75. The minimum absolute atomic E-state index is 0.136. The molecule has 2 heterocycles. The first-order valence-electron chi connectivity index (χ1n) is 10.5. The molecule has 7 nitrogen and oxygen atoms in total. The van der Waals surface area contributed by atoms with E-state index in [2.05, 4.69) is 6.07 Å². The Bertz CT molecular complexity index is 1090. The van der Waals surface area contributed by atoms with Gasteiger partial charge in [0.25, 0.3) is 5.56 Å². The van der Waals surface area contributed by atoms with Gasteiger partial charge in [-0.1, -0.05) is 11.6 Å². The van der Waals surface area contributed by atoms with Gasteiger partial charge in [-0.25, -0.2) is 4.79 Å². The van der Waals surface area contributed by atoms with Crippen LogP contribution in [0.5, 0.6) is 5.75 Å². The number of nitrogens with zero attached hydrogens (tertiary/aromatic N) is 2. The molecule has 1 fully saturated rings. The highest BCUT2D eigenvalue weighted by Gasteiger charge is 2.32. The predicted octanol–water partition coefficient (Wildman–Crippen LogP) is 4.50. The van der Waals surface area contributed by atoms with E-state index in [1.165, 1.54) is 23.9 Å². The van der Waals surface area contributed by atoms with Crippen LogP contribution in [0.4, 0.5) is 0 Å². The lowest BCUT2D eigenvalue weighted by Crippen LogP contribution is -2.36. The Morgan fingerprint density at radius 3 is 2.69 bits per heavy atom. The molecule has 1 aromatic heterocycles. The maximum absolute atomic E-state index is 13.2. The van der Waals surface area contributed by atoms with E-state index in [-0.39, 0.29) is 6.10 Å². The Balaban J connectivity index is 2.10. The monoisotopic (exact) mass is 458 g/mol. The largest absolute Gasteiger partial charge is 0.495 e. The van der Waals surface area contributed by atoms with Gasteiger partial charge in [0, 0.05) is 35.2 Å². The van der Waals surface area contributed by atoms with Crippen molar-refractivity contribution in [3.63, 3.8) is 0 Å². The summed E-state index contributed by atoms with van der Waals surface area (Å²) in [5, 5.41) is 9.92. The molecule has 0 radical (unpaired) electrons. The SMILES string of the molecule is COc1cn(C(C[C@H]2CCCO2)C(=O)OC(C)(C)C)c(=O)cc1-c1cc(Cl)ccc1C#N. The van der Waals surface area contributed by atoms with Crippen molar-refractivity contribution in [2.75, 3.05) is 13.7 Å². The number of carbonyl (C=O) groups excluding carboxylic acids is 1. The molecule has 0 saturated carbocycles. The van der Waals surface area contributed by atoms with Crippen LogP contribution in [0.2, 0.25) is 5.02 Å². The highest BCUT2D eigenvalue weighted by molar-refractivity contribution is 6.31. The van der Waals surface area contributed by atoms with Crippen LogP contribution in [-0.2, 0) is 14.3 Å². The Morgan fingerprint density at radius 1 is 1.34 bits per heavy atom. The van der Waals surface area contributed by atoms with Crippen molar-refractivity contribution in [3.05, 3.63) is 51.4 Å². The third-order valence-electron chi connectivity index (χ3n) is 5.18. The van der Waals surface area contributed by atoms with Crippen molar-refractivity contribution < 1.29 is 19.0 Å². The molecule has 2 aromatic rings. The van der Waals surface area contributed by atoms with Crippen molar-refractivity contribution in [3.8, 4) is 22.9 Å². The van der Waals surface area contributed by atoms with E-state index in [1.807, 2.05) is 0 Å². The Kier molecular flexibility index (Phi) is 7.27. The molecular weight excluding hydrogens is 432 g/mol. The van der Waals surface area contributed by atoms with Gasteiger partial charge in [0.15, 0.2) is 0 Å². The Morgan fingerprint density at radius 2 is 2.09 bits per heavy atom. The number of ether oxygens (including phenoxy) is 3. The van der Waals surface area contributed by atoms with Gasteiger partial charge >= 0.3 is 5.97 Å². The van der Waals surface area contributed by atoms with Crippen LogP contribution in [0, 0.1) is 11.3 Å². The fourth-order valence-corrected chi connectivity index (χ4v) is 3.93. The van der Waals surface area contributed by atoms with Crippen molar-refractivity contribution >= 4 is 17.6 Å². The lowest BCUT2D eigenvalue weighted by molar-refractivity contribution is -0.160. The van der Waals surface area contributed by atoms with Crippen LogP contribution in [-0.4, -0.2) is 36.0 Å². The lowest BCUT2D eigenvalue weighted by atomic mass is 10.00. The van der Waals surface area contributed by atoms with Crippen LogP contribution in [0.1, 0.15) is 51.6 Å². The van der Waals surface area contributed by atoms with Gasteiger partial charge in [-0.15, -0.1) is 0 Å². The number of rotatable bonds is 6. The molecule has 0 bridgehead atoms. The zero-order valence-corrected chi connectivity index (χ0v) is 19.4. The molecular formula is C24H27ClN2O5. The summed E-state index contributed by atoms with van der Waals surface area (Å²) in [7, 11) is 1.47. The van der Waals surface area contributed by atoms with Gasteiger partial charge in [0.05, 0.1) is 31.0 Å². The molecule has 8 heteroatoms. The molecule has 3 rings (SSSR count). The topological polar surface area (TPSA) is 90.5 Å². The quantitative estimate of drug-likeness (QED) is 0.592. The third kappa shape index (κ3) is 5.50. The van der Waals surface area contributed by atoms with Crippen molar-refractivity contribution in [1.82, 2.24) is 4.57 Å². The smallest absolute Gasteiger partial charge is 0.329 e. The average molecular weight is 459 g/mol. The number of halogens is 1. The minimum atomic E-state index is -0.873. The van der Waals surface area contributed by atoms with Crippen LogP contribution in [0.25, 0.3) is 11.1 Å². The summed E-state index contributed by atoms with van der Waals surface area (Å²) in [4.78, 5) is 26.3. The molecule has 2 atom stereocenters. The van der Waals surface area contributed by atoms with E-state index in [9.17, 15) is 14.9 Å². The van der Waals surface area contributed by atoms with Gasteiger partial charge in [-0.3, -0.25) is 9.36 Å². The summed E-state index contributed by atoms with van der Waals surface area (Å²) in [6, 6.07) is 7.40. The first-order valence-corrected chi connectivity index (χ1v) is 10.9. The van der Waals surface area contributed by atoms with E-state index in [0.29, 0.717) is 40.5 Å². The van der Waals surface area contributed by atoms with Gasteiger partial charge < -0.3 is 14.2 Å². The van der Waals surface area contributed by atoms with Crippen LogP contribution in [0.15, 0.2) is 35.3 Å². The number of pyridine rings is 1. The maximum Gasteiger partial charge on any atom is 0.329 e. The maximum atomic E-state index is 13.2. The minimum Gasteiger partial charge on any atom is -0.495 e. The molecule has 1 aliphatic heterocycles. The molecule has 0 N–H and O–H groups in total. The Hall–Kier alpha value is -2.82. The number of esters is 1. The van der Waals surface area contributed by atoms with E-state index in [4.69, 9.17) is 25.8 Å². The summed E-state index contributed by atoms with van der Waals surface area (Å²) >= 11 is 6.13. The highest BCUT2D eigenvalue weighted by Crippen LogP contribution is 2.34. The second-order valence-electron chi connectivity index (χ2n) is 8.72. The van der Waals surface area contributed by atoms with Crippen molar-refractivity contribution in [2.24, 2.45) is 0 Å². The fraction of sp³-hybridized carbons (Fsp3) is 0.458. The molecule has 1 aliphatic rings. The summed E-state index contributed by atoms with van der Waals surface area (Å²) in [6.07, 6.45) is 3.40. The third-order valence-corrected chi connectivity index (χ3v) is 5.42. The van der Waals surface area contributed by atoms with Gasteiger partial charge in [-0.2, -0.15) is 5.26 Å². The first kappa shape index (κ1) is 23.8. The van der Waals surface area contributed by atoms with Crippen molar-refractivity contribution in [1.29, 1.82) is 5.26 Å². The second kappa shape index (κ2) is 9.76.